The monoisotopic (exact) mass is 438 g/mol. The summed E-state index contributed by atoms with van der Waals surface area (Å²) in [5.74, 6) is 2.99. The molecule has 0 unspecified atom stereocenters. The van der Waals surface area contributed by atoms with Crippen LogP contribution in [0.25, 0.3) is 10.2 Å². The molecule has 31 heavy (non-hydrogen) atoms. The van der Waals surface area contributed by atoms with E-state index >= 15 is 0 Å². The first-order chi connectivity index (χ1) is 15.0. The maximum absolute atomic E-state index is 12.4. The van der Waals surface area contributed by atoms with Crippen molar-refractivity contribution in [3.8, 4) is 23.8 Å². The SMILES string of the molecule is C#CCn1c(=NC(=O)COc2ccc(OCC)cc2)sc2cc(C(=O)OCC)ccc21. The minimum Gasteiger partial charge on any atom is -0.494 e. The van der Waals surface area contributed by atoms with Crippen molar-refractivity contribution in [1.82, 2.24) is 4.57 Å². The number of carbonyl (C=O) groups excluding carboxylic acids is 2. The van der Waals surface area contributed by atoms with E-state index in [0.29, 0.717) is 29.3 Å². The predicted octanol–water partition coefficient (Wildman–Crippen LogP) is 3.42. The van der Waals surface area contributed by atoms with Crippen molar-refractivity contribution in [3.05, 3.63) is 52.8 Å². The molecule has 7 nitrogen and oxygen atoms in total. The van der Waals surface area contributed by atoms with E-state index in [4.69, 9.17) is 20.6 Å². The van der Waals surface area contributed by atoms with Gasteiger partial charge in [0.05, 0.1) is 35.5 Å². The summed E-state index contributed by atoms with van der Waals surface area (Å²) >= 11 is 1.27. The summed E-state index contributed by atoms with van der Waals surface area (Å²) in [7, 11) is 0. The van der Waals surface area contributed by atoms with Crippen molar-refractivity contribution in [3.63, 3.8) is 0 Å². The summed E-state index contributed by atoms with van der Waals surface area (Å²) in [6.45, 7) is 4.55. The van der Waals surface area contributed by atoms with Crippen LogP contribution in [0.2, 0.25) is 0 Å². The van der Waals surface area contributed by atoms with E-state index < -0.39 is 11.9 Å². The Bertz CT molecular complexity index is 1190. The smallest absolute Gasteiger partial charge is 0.338 e. The van der Waals surface area contributed by atoms with Crippen molar-refractivity contribution in [2.24, 2.45) is 4.99 Å². The molecular weight excluding hydrogens is 416 g/mol. The summed E-state index contributed by atoms with van der Waals surface area (Å²) in [5, 5.41) is 0. The molecule has 0 aliphatic heterocycles. The van der Waals surface area contributed by atoms with E-state index in [9.17, 15) is 9.59 Å². The van der Waals surface area contributed by atoms with Gasteiger partial charge >= 0.3 is 5.97 Å². The van der Waals surface area contributed by atoms with Gasteiger partial charge < -0.3 is 18.8 Å². The van der Waals surface area contributed by atoms with Crippen LogP contribution >= 0.6 is 11.3 Å². The van der Waals surface area contributed by atoms with Crippen LogP contribution in [0.15, 0.2) is 47.5 Å². The lowest BCUT2D eigenvalue weighted by atomic mass is 10.2. The normalized spacial score (nSPS) is 11.2. The molecule has 1 amide bonds. The van der Waals surface area contributed by atoms with Gasteiger partial charge in [-0.25, -0.2) is 4.79 Å². The third kappa shape index (κ3) is 5.53. The number of esters is 1. The molecule has 0 radical (unpaired) electrons. The van der Waals surface area contributed by atoms with Crippen LogP contribution in [0.3, 0.4) is 0 Å². The average molecular weight is 439 g/mol. The largest absolute Gasteiger partial charge is 0.494 e. The van der Waals surface area contributed by atoms with Crippen molar-refractivity contribution < 1.29 is 23.8 Å². The number of nitrogens with zero attached hydrogens (tertiary/aromatic N) is 2. The molecule has 0 N–H and O–H groups in total. The number of hydrogen-bond donors (Lipinski definition) is 0. The number of terminal acetylenes is 1. The molecule has 0 fully saturated rings. The van der Waals surface area contributed by atoms with Gasteiger partial charge in [-0.15, -0.1) is 6.42 Å². The zero-order chi connectivity index (χ0) is 22.2. The molecule has 0 aliphatic carbocycles. The van der Waals surface area contributed by atoms with Crippen LogP contribution in [0.4, 0.5) is 0 Å². The molecule has 0 bridgehead atoms. The number of hydrogen-bond acceptors (Lipinski definition) is 6. The van der Waals surface area contributed by atoms with Gasteiger partial charge in [0.2, 0.25) is 0 Å². The molecule has 1 aromatic heterocycles. The van der Waals surface area contributed by atoms with Crippen LogP contribution in [0, 0.1) is 12.3 Å². The third-order valence-electron chi connectivity index (χ3n) is 4.16. The first kappa shape index (κ1) is 22.1. The molecule has 3 rings (SSSR count). The quantitative estimate of drug-likeness (QED) is 0.398. The highest BCUT2D eigenvalue weighted by Gasteiger charge is 2.12. The number of amides is 1. The molecular formula is C23H22N2O5S. The Morgan fingerprint density at radius 2 is 1.77 bits per heavy atom. The molecule has 160 valence electrons. The molecule has 0 atom stereocenters. The Balaban J connectivity index is 1.82. The standard InChI is InChI=1S/C23H22N2O5S/c1-4-13-25-19-12-7-16(22(27)29-6-3)14-20(19)31-23(25)24-21(26)15-30-18-10-8-17(9-11-18)28-5-2/h1,7-12,14H,5-6,13,15H2,2-3H3. The summed E-state index contributed by atoms with van der Waals surface area (Å²) in [6.07, 6.45) is 5.49. The van der Waals surface area contributed by atoms with E-state index in [2.05, 4.69) is 10.9 Å². The average Bonchev–Trinajstić information content (AvgIpc) is 3.10. The van der Waals surface area contributed by atoms with Crippen LogP contribution in [-0.2, 0) is 16.1 Å². The molecule has 3 aromatic rings. The lowest BCUT2D eigenvalue weighted by Gasteiger charge is -2.06. The lowest BCUT2D eigenvalue weighted by molar-refractivity contribution is -0.120. The van der Waals surface area contributed by atoms with Gasteiger partial charge in [-0.05, 0) is 56.3 Å². The maximum Gasteiger partial charge on any atom is 0.338 e. The molecule has 2 aromatic carbocycles. The van der Waals surface area contributed by atoms with Crippen LogP contribution in [0.1, 0.15) is 24.2 Å². The zero-order valence-corrected chi connectivity index (χ0v) is 18.1. The minimum absolute atomic E-state index is 0.216. The Morgan fingerprint density at radius 3 is 2.42 bits per heavy atom. The maximum atomic E-state index is 12.4. The minimum atomic E-state index is -0.447. The van der Waals surface area contributed by atoms with Gasteiger partial charge in [0, 0.05) is 0 Å². The summed E-state index contributed by atoms with van der Waals surface area (Å²) < 4.78 is 18.5. The van der Waals surface area contributed by atoms with Gasteiger partial charge in [0.25, 0.3) is 5.91 Å². The second kappa shape index (κ2) is 10.5. The lowest BCUT2D eigenvalue weighted by Crippen LogP contribution is -2.19. The number of fused-ring (bicyclic) bond motifs is 1. The molecule has 0 saturated heterocycles. The fraction of sp³-hybridized carbons (Fsp3) is 0.261. The number of carbonyl (C=O) groups is 2. The second-order valence-electron chi connectivity index (χ2n) is 6.28. The van der Waals surface area contributed by atoms with Gasteiger partial charge in [0.15, 0.2) is 11.4 Å². The number of rotatable bonds is 8. The molecule has 0 saturated carbocycles. The Kier molecular flexibility index (Phi) is 7.46. The van der Waals surface area contributed by atoms with Crippen LogP contribution in [0.5, 0.6) is 11.5 Å². The fourth-order valence-electron chi connectivity index (χ4n) is 2.83. The van der Waals surface area contributed by atoms with Crippen molar-refractivity contribution in [2.75, 3.05) is 19.8 Å². The summed E-state index contributed by atoms with van der Waals surface area (Å²) in [5.41, 5.74) is 1.22. The van der Waals surface area contributed by atoms with Gasteiger partial charge in [-0.2, -0.15) is 4.99 Å². The van der Waals surface area contributed by atoms with E-state index in [0.717, 1.165) is 16.0 Å². The van der Waals surface area contributed by atoms with Gasteiger partial charge in [0.1, 0.15) is 11.5 Å². The number of thiazole rings is 1. The van der Waals surface area contributed by atoms with E-state index in [-0.39, 0.29) is 13.2 Å². The van der Waals surface area contributed by atoms with Crippen molar-refractivity contribution in [1.29, 1.82) is 0 Å². The Labute approximate surface area is 183 Å². The van der Waals surface area contributed by atoms with Crippen LogP contribution in [-0.4, -0.2) is 36.3 Å². The Morgan fingerprint density at radius 1 is 1.06 bits per heavy atom. The third-order valence-corrected chi connectivity index (χ3v) is 5.20. The topological polar surface area (TPSA) is 79.1 Å². The number of aromatic nitrogens is 1. The first-order valence-electron chi connectivity index (χ1n) is 9.72. The first-order valence-corrected chi connectivity index (χ1v) is 10.5. The van der Waals surface area contributed by atoms with E-state index in [1.807, 2.05) is 6.92 Å². The number of ether oxygens (including phenoxy) is 3. The highest BCUT2D eigenvalue weighted by molar-refractivity contribution is 7.16. The highest BCUT2D eigenvalue weighted by atomic mass is 32.1. The molecule has 8 heteroatoms. The molecule has 1 heterocycles. The van der Waals surface area contributed by atoms with Crippen LogP contribution < -0.4 is 14.3 Å². The predicted molar refractivity (Wildman–Crippen MR) is 118 cm³/mol. The van der Waals surface area contributed by atoms with Crippen molar-refractivity contribution in [2.45, 2.75) is 20.4 Å². The molecule has 0 spiro atoms. The fourth-order valence-corrected chi connectivity index (χ4v) is 3.91. The van der Waals surface area contributed by atoms with Crippen molar-refractivity contribution >= 4 is 33.4 Å². The van der Waals surface area contributed by atoms with E-state index in [1.54, 1.807) is 54.0 Å². The van der Waals surface area contributed by atoms with Gasteiger partial charge in [-0.1, -0.05) is 17.3 Å². The zero-order valence-electron chi connectivity index (χ0n) is 17.3. The highest BCUT2D eigenvalue weighted by Crippen LogP contribution is 2.20. The second-order valence-corrected chi connectivity index (χ2v) is 7.29. The summed E-state index contributed by atoms with van der Waals surface area (Å²) in [6, 6.07) is 12.2. The number of benzene rings is 2. The summed E-state index contributed by atoms with van der Waals surface area (Å²) in [4.78, 5) is 29.0. The van der Waals surface area contributed by atoms with Gasteiger partial charge in [-0.3, -0.25) is 4.79 Å². The van der Waals surface area contributed by atoms with E-state index in [1.165, 1.54) is 11.3 Å². The Hall–Kier alpha value is -3.57. The molecule has 0 aliphatic rings.